The molecule has 2 aromatic carbocycles. The smallest absolute Gasteiger partial charge is 0.246 e. The predicted molar refractivity (Wildman–Crippen MR) is 115 cm³/mol. The highest BCUT2D eigenvalue weighted by molar-refractivity contribution is 7.92. The summed E-state index contributed by atoms with van der Waals surface area (Å²) in [5, 5.41) is 4.51. The van der Waals surface area contributed by atoms with Crippen molar-refractivity contribution in [2.45, 2.75) is 13.5 Å². The fourth-order valence-electron chi connectivity index (χ4n) is 2.75. The zero-order valence-corrected chi connectivity index (χ0v) is 18.3. The number of benzene rings is 2. The molecule has 3 aromatic rings. The second-order valence-electron chi connectivity index (χ2n) is 6.88. The maximum absolute atomic E-state index is 12.7. The molecule has 1 amide bonds. The summed E-state index contributed by atoms with van der Waals surface area (Å²) in [6.45, 7) is 1.56. The van der Waals surface area contributed by atoms with Crippen LogP contribution in [0.4, 0.5) is 5.69 Å². The average Bonchev–Trinajstić information content (AvgIpc) is 3.14. The summed E-state index contributed by atoms with van der Waals surface area (Å²) in [7, 11) is -2.10. The van der Waals surface area contributed by atoms with Crippen molar-refractivity contribution in [3.05, 3.63) is 65.0 Å². The number of carbonyl (C=O) groups excluding carboxylic acids is 1. The number of likely N-dealkylation sites (N-methyl/N-ethyl adjacent to an activating group) is 1. The minimum Gasteiger partial charge on any atom is -0.337 e. The number of hydrogen-bond acceptors (Lipinski definition) is 6. The van der Waals surface area contributed by atoms with Gasteiger partial charge < -0.3 is 9.42 Å². The molecule has 0 N–H and O–H groups in total. The minimum absolute atomic E-state index is 0.0465. The molecule has 158 valence electrons. The maximum atomic E-state index is 12.7. The van der Waals surface area contributed by atoms with Gasteiger partial charge in [0.1, 0.15) is 6.54 Å². The summed E-state index contributed by atoms with van der Waals surface area (Å²) in [5.74, 6) is 0.200. The number of aromatic nitrogens is 2. The largest absolute Gasteiger partial charge is 0.337 e. The lowest BCUT2D eigenvalue weighted by molar-refractivity contribution is -0.129. The average molecular weight is 449 g/mol. The fourth-order valence-corrected chi connectivity index (χ4v) is 3.72. The van der Waals surface area contributed by atoms with Gasteiger partial charge in [-0.15, -0.1) is 0 Å². The molecule has 8 nitrogen and oxygen atoms in total. The Morgan fingerprint density at radius 1 is 1.17 bits per heavy atom. The molecule has 10 heteroatoms. The Morgan fingerprint density at radius 2 is 1.87 bits per heavy atom. The van der Waals surface area contributed by atoms with Crippen LogP contribution in [0, 0.1) is 6.92 Å². The van der Waals surface area contributed by atoms with Gasteiger partial charge in [0.15, 0.2) is 0 Å². The molecule has 0 aliphatic carbocycles. The Balaban J connectivity index is 1.71. The van der Waals surface area contributed by atoms with Gasteiger partial charge in [0.2, 0.25) is 27.6 Å². The summed E-state index contributed by atoms with van der Waals surface area (Å²) in [6, 6.07) is 13.9. The van der Waals surface area contributed by atoms with Gasteiger partial charge in [-0.2, -0.15) is 4.98 Å². The van der Waals surface area contributed by atoms with Crippen LogP contribution in [0.25, 0.3) is 11.4 Å². The van der Waals surface area contributed by atoms with Crippen molar-refractivity contribution in [1.29, 1.82) is 0 Å². The molecule has 3 rings (SSSR count). The van der Waals surface area contributed by atoms with E-state index in [9.17, 15) is 13.2 Å². The van der Waals surface area contributed by atoms with E-state index in [0.717, 1.165) is 21.7 Å². The fraction of sp³-hybridized carbons (Fsp3) is 0.250. The zero-order chi connectivity index (χ0) is 21.9. The Morgan fingerprint density at radius 3 is 2.50 bits per heavy atom. The van der Waals surface area contributed by atoms with Crippen LogP contribution < -0.4 is 4.31 Å². The summed E-state index contributed by atoms with van der Waals surface area (Å²) < 4.78 is 30.8. The topological polar surface area (TPSA) is 96.6 Å². The number of sulfonamides is 1. The van der Waals surface area contributed by atoms with E-state index >= 15 is 0 Å². The maximum Gasteiger partial charge on any atom is 0.246 e. The molecule has 0 radical (unpaired) electrons. The second kappa shape index (κ2) is 8.85. The number of halogens is 1. The van der Waals surface area contributed by atoms with Gasteiger partial charge in [-0.1, -0.05) is 28.9 Å². The molecule has 30 heavy (non-hydrogen) atoms. The second-order valence-corrected chi connectivity index (χ2v) is 9.22. The molecule has 0 atom stereocenters. The van der Waals surface area contributed by atoms with Crippen molar-refractivity contribution in [1.82, 2.24) is 15.0 Å². The van der Waals surface area contributed by atoms with Crippen molar-refractivity contribution < 1.29 is 17.7 Å². The van der Waals surface area contributed by atoms with E-state index in [4.69, 9.17) is 16.1 Å². The summed E-state index contributed by atoms with van der Waals surface area (Å²) in [5.41, 5.74) is 2.05. The molecule has 0 spiro atoms. The lowest BCUT2D eigenvalue weighted by Crippen LogP contribution is -2.41. The molecule has 0 saturated heterocycles. The number of hydrogen-bond donors (Lipinski definition) is 0. The Labute approximate surface area is 180 Å². The van der Waals surface area contributed by atoms with Crippen LogP contribution in [0.15, 0.2) is 53.1 Å². The molecule has 0 bridgehead atoms. The van der Waals surface area contributed by atoms with Gasteiger partial charge in [-0.05, 0) is 48.9 Å². The Bertz CT molecular complexity index is 1150. The van der Waals surface area contributed by atoms with E-state index < -0.39 is 15.9 Å². The molecular weight excluding hydrogens is 428 g/mol. The molecule has 0 saturated carbocycles. The van der Waals surface area contributed by atoms with Crippen LogP contribution in [0.5, 0.6) is 0 Å². The number of rotatable bonds is 7. The SMILES string of the molecule is Cc1cccc(N(CC(=O)N(C)Cc2nc(-c3ccc(Cl)cc3)no2)S(C)(=O)=O)c1. The molecule has 0 fully saturated rings. The van der Waals surface area contributed by atoms with E-state index in [1.165, 1.54) is 4.90 Å². The Kier molecular flexibility index (Phi) is 6.42. The molecule has 0 unspecified atom stereocenters. The lowest BCUT2D eigenvalue weighted by Gasteiger charge is -2.24. The quantitative estimate of drug-likeness (QED) is 0.551. The minimum atomic E-state index is -3.65. The third-order valence-corrected chi connectivity index (χ3v) is 5.73. The highest BCUT2D eigenvalue weighted by Crippen LogP contribution is 2.20. The zero-order valence-electron chi connectivity index (χ0n) is 16.7. The number of carbonyl (C=O) groups is 1. The van der Waals surface area contributed by atoms with Crippen LogP contribution in [-0.4, -0.2) is 49.2 Å². The van der Waals surface area contributed by atoms with Gasteiger partial charge in [-0.3, -0.25) is 9.10 Å². The third-order valence-electron chi connectivity index (χ3n) is 4.34. The van der Waals surface area contributed by atoms with Gasteiger partial charge in [0.05, 0.1) is 18.5 Å². The van der Waals surface area contributed by atoms with Crippen LogP contribution in [0.2, 0.25) is 5.02 Å². The van der Waals surface area contributed by atoms with Crippen molar-refractivity contribution in [3.8, 4) is 11.4 Å². The van der Waals surface area contributed by atoms with Gasteiger partial charge in [-0.25, -0.2) is 8.42 Å². The van der Waals surface area contributed by atoms with Crippen LogP contribution in [-0.2, 0) is 21.4 Å². The van der Waals surface area contributed by atoms with E-state index in [2.05, 4.69) is 10.1 Å². The van der Waals surface area contributed by atoms with Crippen LogP contribution >= 0.6 is 11.6 Å². The first kappa shape index (κ1) is 21.8. The molecule has 1 heterocycles. The number of aryl methyl sites for hydroxylation is 1. The van der Waals surface area contributed by atoms with E-state index in [1.807, 2.05) is 13.0 Å². The van der Waals surface area contributed by atoms with Crippen molar-refractivity contribution >= 4 is 33.2 Å². The Hall–Kier alpha value is -2.91. The molecule has 0 aliphatic rings. The number of amides is 1. The molecular formula is C20H21ClN4O4S. The van der Waals surface area contributed by atoms with Gasteiger partial charge >= 0.3 is 0 Å². The number of nitrogens with zero attached hydrogens (tertiary/aromatic N) is 4. The summed E-state index contributed by atoms with van der Waals surface area (Å²) in [6.07, 6.45) is 1.07. The first-order valence-electron chi connectivity index (χ1n) is 9.00. The van der Waals surface area contributed by atoms with Crippen LogP contribution in [0.1, 0.15) is 11.5 Å². The highest BCUT2D eigenvalue weighted by Gasteiger charge is 2.24. The standard InChI is InChI=1S/C20H21ClN4O4S/c1-14-5-4-6-17(11-14)25(30(3,27)28)13-19(26)24(2)12-18-22-20(23-29-18)15-7-9-16(21)10-8-15/h4-11H,12-13H2,1-3H3. The summed E-state index contributed by atoms with van der Waals surface area (Å²) in [4.78, 5) is 18.3. The normalized spacial score (nSPS) is 11.3. The number of anilines is 1. The van der Waals surface area contributed by atoms with E-state index in [1.54, 1.807) is 49.5 Å². The van der Waals surface area contributed by atoms with Crippen molar-refractivity contribution in [2.24, 2.45) is 0 Å². The molecule has 1 aromatic heterocycles. The predicted octanol–water partition coefficient (Wildman–Crippen LogP) is 3.12. The van der Waals surface area contributed by atoms with Crippen LogP contribution in [0.3, 0.4) is 0 Å². The first-order valence-corrected chi connectivity index (χ1v) is 11.2. The molecule has 0 aliphatic heterocycles. The van der Waals surface area contributed by atoms with E-state index in [0.29, 0.717) is 16.5 Å². The first-order chi connectivity index (χ1) is 14.1. The monoisotopic (exact) mass is 448 g/mol. The van der Waals surface area contributed by atoms with Crippen molar-refractivity contribution in [3.63, 3.8) is 0 Å². The lowest BCUT2D eigenvalue weighted by atomic mass is 10.2. The third kappa shape index (κ3) is 5.37. The van der Waals surface area contributed by atoms with Crippen molar-refractivity contribution in [2.75, 3.05) is 24.2 Å². The van der Waals surface area contributed by atoms with Gasteiger partial charge in [0, 0.05) is 17.6 Å². The van der Waals surface area contributed by atoms with E-state index in [-0.39, 0.29) is 19.0 Å². The highest BCUT2D eigenvalue weighted by atomic mass is 35.5. The summed E-state index contributed by atoms with van der Waals surface area (Å²) >= 11 is 5.88. The van der Waals surface area contributed by atoms with Gasteiger partial charge in [0.25, 0.3) is 0 Å².